The van der Waals surface area contributed by atoms with Crippen LogP contribution >= 0.6 is 0 Å². The van der Waals surface area contributed by atoms with Crippen molar-refractivity contribution in [3.05, 3.63) is 60.7 Å². The van der Waals surface area contributed by atoms with Gasteiger partial charge in [0.05, 0.1) is 0 Å². The molecule has 0 saturated heterocycles. The largest absolute Gasteiger partial charge is 0.507 e. The minimum absolute atomic E-state index is 0.240. The topological polar surface area (TPSA) is 40.5 Å². The molecule has 0 spiro atoms. The molecule has 0 heterocycles. The number of hydrogen-bond acceptors (Lipinski definition) is 2. The van der Waals surface area contributed by atoms with Crippen molar-refractivity contribution in [1.29, 1.82) is 0 Å². The summed E-state index contributed by atoms with van der Waals surface area (Å²) in [6, 6.07) is 19.0. The van der Waals surface area contributed by atoms with Crippen LogP contribution in [0.25, 0.3) is 32.3 Å². The Balaban J connectivity index is 2.38. The Morgan fingerprint density at radius 3 is 2.00 bits per heavy atom. The van der Waals surface area contributed by atoms with Gasteiger partial charge in [-0.1, -0.05) is 48.5 Å². The molecule has 0 aliphatic rings. The van der Waals surface area contributed by atoms with Crippen LogP contribution < -0.4 is 0 Å². The molecule has 0 fully saturated rings. The molecule has 2 heteroatoms. The third kappa shape index (κ3) is 1.39. The highest BCUT2D eigenvalue weighted by Crippen LogP contribution is 2.40. The molecule has 4 aromatic carbocycles. The SMILES string of the molecule is Oc1cc2c3ccccc3cc(O)c2c2ccccc12. The Kier molecular flexibility index (Phi) is 2.15. The molecule has 0 aliphatic heterocycles. The van der Waals surface area contributed by atoms with Gasteiger partial charge in [0, 0.05) is 10.8 Å². The number of hydrogen-bond donors (Lipinski definition) is 2. The molecule has 4 aromatic rings. The molecular weight excluding hydrogens is 248 g/mol. The molecule has 2 N–H and O–H groups in total. The van der Waals surface area contributed by atoms with Crippen molar-refractivity contribution in [2.24, 2.45) is 0 Å². The molecular formula is C18H12O2. The highest BCUT2D eigenvalue weighted by Gasteiger charge is 2.11. The van der Waals surface area contributed by atoms with E-state index in [1.165, 1.54) is 0 Å². The van der Waals surface area contributed by atoms with Crippen LogP contribution in [0.1, 0.15) is 0 Å². The predicted molar refractivity (Wildman–Crippen MR) is 82.3 cm³/mol. The first kappa shape index (κ1) is 11.1. The summed E-state index contributed by atoms with van der Waals surface area (Å²) in [4.78, 5) is 0. The van der Waals surface area contributed by atoms with Gasteiger partial charge in [-0.05, 0) is 33.7 Å². The van der Waals surface area contributed by atoms with Crippen LogP contribution in [0.4, 0.5) is 0 Å². The summed E-state index contributed by atoms with van der Waals surface area (Å²) in [7, 11) is 0. The monoisotopic (exact) mass is 260 g/mol. The third-order valence-corrected chi connectivity index (χ3v) is 3.82. The van der Waals surface area contributed by atoms with Gasteiger partial charge in [-0.25, -0.2) is 0 Å². The Bertz CT molecular complexity index is 971. The summed E-state index contributed by atoms with van der Waals surface area (Å²) in [5.41, 5.74) is 0. The molecule has 0 aromatic heterocycles. The molecule has 0 unspecified atom stereocenters. The molecule has 96 valence electrons. The van der Waals surface area contributed by atoms with E-state index in [-0.39, 0.29) is 11.5 Å². The van der Waals surface area contributed by atoms with Crippen LogP contribution in [0, 0.1) is 0 Å². The number of rotatable bonds is 0. The van der Waals surface area contributed by atoms with Gasteiger partial charge in [-0.15, -0.1) is 0 Å². The fraction of sp³-hybridized carbons (Fsp3) is 0. The van der Waals surface area contributed by atoms with Crippen LogP contribution in [0.2, 0.25) is 0 Å². The lowest BCUT2D eigenvalue weighted by molar-refractivity contribution is 0.480. The Morgan fingerprint density at radius 1 is 0.550 bits per heavy atom. The number of aromatic hydroxyl groups is 2. The lowest BCUT2D eigenvalue weighted by Gasteiger charge is -2.11. The van der Waals surface area contributed by atoms with Gasteiger partial charge in [-0.2, -0.15) is 0 Å². The van der Waals surface area contributed by atoms with Gasteiger partial charge in [0.25, 0.3) is 0 Å². The van der Waals surface area contributed by atoms with E-state index < -0.39 is 0 Å². The summed E-state index contributed by atoms with van der Waals surface area (Å²) < 4.78 is 0. The average Bonchev–Trinajstić information content (AvgIpc) is 2.47. The number of fused-ring (bicyclic) bond motifs is 5. The first-order valence-corrected chi connectivity index (χ1v) is 6.51. The lowest BCUT2D eigenvalue weighted by atomic mass is 9.95. The van der Waals surface area contributed by atoms with Crippen molar-refractivity contribution in [1.82, 2.24) is 0 Å². The van der Waals surface area contributed by atoms with Crippen LogP contribution in [-0.4, -0.2) is 10.2 Å². The maximum atomic E-state index is 10.4. The Hall–Kier alpha value is -2.74. The Morgan fingerprint density at radius 2 is 1.20 bits per heavy atom. The van der Waals surface area contributed by atoms with Crippen molar-refractivity contribution in [2.75, 3.05) is 0 Å². The number of phenols is 2. The van der Waals surface area contributed by atoms with E-state index in [0.29, 0.717) is 0 Å². The van der Waals surface area contributed by atoms with Crippen molar-refractivity contribution in [2.45, 2.75) is 0 Å². The van der Waals surface area contributed by atoms with Crippen molar-refractivity contribution < 1.29 is 10.2 Å². The van der Waals surface area contributed by atoms with Gasteiger partial charge >= 0.3 is 0 Å². The molecule has 0 aliphatic carbocycles. The molecule has 0 amide bonds. The average molecular weight is 260 g/mol. The van der Waals surface area contributed by atoms with E-state index in [9.17, 15) is 10.2 Å². The zero-order chi connectivity index (χ0) is 13.7. The minimum atomic E-state index is 0.240. The summed E-state index contributed by atoms with van der Waals surface area (Å²) >= 11 is 0. The number of benzene rings is 4. The molecule has 0 bridgehead atoms. The normalized spacial score (nSPS) is 11.4. The van der Waals surface area contributed by atoms with Crippen LogP contribution in [0.5, 0.6) is 11.5 Å². The molecule has 0 radical (unpaired) electrons. The quantitative estimate of drug-likeness (QED) is 0.455. The predicted octanol–water partition coefficient (Wildman–Crippen LogP) is 4.56. The fourth-order valence-electron chi connectivity index (χ4n) is 2.93. The molecule has 20 heavy (non-hydrogen) atoms. The Labute approximate surface area is 115 Å². The van der Waals surface area contributed by atoms with Gasteiger partial charge < -0.3 is 10.2 Å². The summed E-state index contributed by atoms with van der Waals surface area (Å²) in [6.07, 6.45) is 0. The fourth-order valence-corrected chi connectivity index (χ4v) is 2.93. The van der Waals surface area contributed by atoms with Crippen LogP contribution in [0.3, 0.4) is 0 Å². The molecule has 2 nitrogen and oxygen atoms in total. The first-order valence-electron chi connectivity index (χ1n) is 6.51. The molecule has 0 saturated carbocycles. The zero-order valence-corrected chi connectivity index (χ0v) is 10.7. The smallest absolute Gasteiger partial charge is 0.124 e. The van der Waals surface area contributed by atoms with Gasteiger partial charge in [-0.3, -0.25) is 0 Å². The molecule has 4 rings (SSSR count). The second-order valence-corrected chi connectivity index (χ2v) is 4.98. The van der Waals surface area contributed by atoms with Crippen molar-refractivity contribution in [3.63, 3.8) is 0 Å². The maximum absolute atomic E-state index is 10.4. The standard InChI is InChI=1S/C18H12O2/c19-16-10-15-12-6-2-1-5-11(12)9-17(20)18(15)14-8-4-3-7-13(14)16/h1-10,19-20H. The van der Waals surface area contributed by atoms with E-state index in [2.05, 4.69) is 0 Å². The lowest BCUT2D eigenvalue weighted by Crippen LogP contribution is -1.83. The number of phenolic OH excluding ortho intramolecular Hbond substituents is 2. The second-order valence-electron chi connectivity index (χ2n) is 4.98. The third-order valence-electron chi connectivity index (χ3n) is 3.82. The molecule has 0 atom stereocenters. The maximum Gasteiger partial charge on any atom is 0.124 e. The summed E-state index contributed by atoms with van der Waals surface area (Å²) in [6.45, 7) is 0. The second kappa shape index (κ2) is 3.87. The van der Waals surface area contributed by atoms with Gasteiger partial charge in [0.2, 0.25) is 0 Å². The van der Waals surface area contributed by atoms with Gasteiger partial charge in [0.15, 0.2) is 0 Å². The van der Waals surface area contributed by atoms with Crippen molar-refractivity contribution in [3.8, 4) is 11.5 Å². The van der Waals surface area contributed by atoms with E-state index in [1.54, 1.807) is 12.1 Å². The first-order chi connectivity index (χ1) is 9.75. The van der Waals surface area contributed by atoms with E-state index >= 15 is 0 Å². The minimum Gasteiger partial charge on any atom is -0.507 e. The summed E-state index contributed by atoms with van der Waals surface area (Å²) in [5.74, 6) is 0.485. The van der Waals surface area contributed by atoms with E-state index in [4.69, 9.17) is 0 Å². The van der Waals surface area contributed by atoms with Crippen LogP contribution in [-0.2, 0) is 0 Å². The van der Waals surface area contributed by atoms with E-state index in [1.807, 2.05) is 48.5 Å². The summed E-state index contributed by atoms with van der Waals surface area (Å²) in [5, 5.41) is 25.9. The van der Waals surface area contributed by atoms with Crippen molar-refractivity contribution >= 4 is 32.3 Å². The highest BCUT2D eigenvalue weighted by atomic mass is 16.3. The van der Waals surface area contributed by atoms with Gasteiger partial charge in [0.1, 0.15) is 11.5 Å². The van der Waals surface area contributed by atoms with Crippen LogP contribution in [0.15, 0.2) is 60.7 Å². The van der Waals surface area contributed by atoms with E-state index in [0.717, 1.165) is 32.3 Å². The highest BCUT2D eigenvalue weighted by molar-refractivity contribution is 6.21. The zero-order valence-electron chi connectivity index (χ0n) is 10.7.